The molecule has 146 valence electrons. The highest BCUT2D eigenvalue weighted by Gasteiger charge is 2.45. The molecular weight excluding hydrogens is 394 g/mol. The molecule has 0 radical (unpaired) electrons. The van der Waals surface area contributed by atoms with Crippen molar-refractivity contribution in [1.82, 2.24) is 4.98 Å². The number of hydrogen-bond acceptors (Lipinski definition) is 4. The van der Waals surface area contributed by atoms with Gasteiger partial charge in [-0.25, -0.2) is 13.2 Å². The summed E-state index contributed by atoms with van der Waals surface area (Å²) in [6.45, 7) is 6.28. The highest BCUT2D eigenvalue weighted by molar-refractivity contribution is 7.99. The molecule has 0 aliphatic heterocycles. The molecule has 1 aromatic carbocycles. The van der Waals surface area contributed by atoms with Crippen molar-refractivity contribution in [2.75, 3.05) is 6.61 Å². The maximum atomic E-state index is 12.9. The monoisotopic (exact) mass is 414 g/mol. The van der Waals surface area contributed by atoms with Crippen LogP contribution in [0.15, 0.2) is 27.4 Å². The minimum atomic E-state index is -2.57. The Labute approximate surface area is 165 Å². The average Bonchev–Trinajstić information content (AvgIpc) is 2.51. The van der Waals surface area contributed by atoms with Crippen molar-refractivity contribution in [3.05, 3.63) is 39.1 Å². The summed E-state index contributed by atoms with van der Waals surface area (Å²) in [5.41, 5.74) is 0.729. The van der Waals surface area contributed by atoms with Crippen LogP contribution in [0.1, 0.15) is 39.2 Å². The predicted molar refractivity (Wildman–Crippen MR) is 108 cm³/mol. The van der Waals surface area contributed by atoms with Gasteiger partial charge in [0.05, 0.1) is 22.7 Å². The third-order valence-corrected chi connectivity index (χ3v) is 5.15. The first kappa shape index (κ1) is 20.1. The molecule has 1 heterocycles. The number of halogens is 3. The number of fused-ring (bicyclic) bond motifs is 1. The van der Waals surface area contributed by atoms with E-state index < -0.39 is 5.92 Å². The summed E-state index contributed by atoms with van der Waals surface area (Å²) in [6.07, 6.45) is 1.21. The number of nitrogens with one attached hydrogen (secondary N) is 1. The highest BCUT2D eigenvalue weighted by atomic mass is 35.5. The van der Waals surface area contributed by atoms with Crippen molar-refractivity contribution in [1.29, 1.82) is 0 Å². The second-order valence-corrected chi connectivity index (χ2v) is 9.83. The highest BCUT2D eigenvalue weighted by Crippen LogP contribution is 2.42. The second kappa shape index (κ2) is 7.43. The molecule has 0 spiro atoms. The van der Waals surface area contributed by atoms with Crippen LogP contribution in [-0.2, 0) is 0 Å². The lowest BCUT2D eigenvalue weighted by molar-refractivity contribution is -0.119. The average molecular weight is 415 g/mol. The summed E-state index contributed by atoms with van der Waals surface area (Å²) in [4.78, 5) is 15.1. The van der Waals surface area contributed by atoms with E-state index in [4.69, 9.17) is 16.3 Å². The smallest absolute Gasteiger partial charge is 0.257 e. The van der Waals surface area contributed by atoms with Gasteiger partial charge < -0.3 is 9.72 Å². The lowest BCUT2D eigenvalue weighted by Crippen LogP contribution is -2.38. The number of ether oxygens (including phenoxy) is 1. The summed E-state index contributed by atoms with van der Waals surface area (Å²) in [5, 5.41) is 1.11. The van der Waals surface area contributed by atoms with Crippen LogP contribution in [0.3, 0.4) is 0 Å². The van der Waals surface area contributed by atoms with Crippen molar-refractivity contribution < 1.29 is 13.5 Å². The Hall–Kier alpha value is -1.60. The molecule has 0 bridgehead atoms. The predicted octanol–water partition coefficient (Wildman–Crippen LogP) is 5.47. The molecule has 0 unspecified atom stereocenters. The minimum absolute atomic E-state index is 0.0416. The first-order valence-corrected chi connectivity index (χ1v) is 9.76. The number of aromatic amines is 1. The number of rotatable bonds is 5. The van der Waals surface area contributed by atoms with Gasteiger partial charge in [0.25, 0.3) is 5.56 Å². The Morgan fingerprint density at radius 1 is 1.37 bits per heavy atom. The molecule has 2 aromatic rings. The fourth-order valence-electron chi connectivity index (χ4n) is 2.78. The third-order valence-electron chi connectivity index (χ3n) is 4.09. The van der Waals surface area contributed by atoms with Gasteiger partial charge in [0.1, 0.15) is 5.75 Å². The van der Waals surface area contributed by atoms with Gasteiger partial charge in [0.2, 0.25) is 5.92 Å². The molecule has 0 atom stereocenters. The van der Waals surface area contributed by atoms with Crippen LogP contribution < -0.4 is 10.3 Å². The second-order valence-electron chi connectivity index (χ2n) is 7.80. The summed E-state index contributed by atoms with van der Waals surface area (Å²) >= 11 is 7.64. The molecule has 8 heteroatoms. The van der Waals surface area contributed by atoms with Crippen molar-refractivity contribution in [2.45, 2.75) is 44.3 Å². The summed E-state index contributed by atoms with van der Waals surface area (Å²) in [5.74, 6) is -2.38. The number of aromatic nitrogens is 1. The quantitative estimate of drug-likeness (QED) is 0.521. The van der Waals surface area contributed by atoms with E-state index >= 15 is 0 Å². The van der Waals surface area contributed by atoms with E-state index in [0.29, 0.717) is 21.9 Å². The summed E-state index contributed by atoms with van der Waals surface area (Å²) in [7, 11) is 0. The Morgan fingerprint density at radius 3 is 2.70 bits per heavy atom. The van der Waals surface area contributed by atoms with Crippen LogP contribution in [0.2, 0.25) is 5.02 Å². The van der Waals surface area contributed by atoms with Gasteiger partial charge in [-0.3, -0.25) is 4.79 Å². The van der Waals surface area contributed by atoms with E-state index in [1.165, 1.54) is 18.2 Å². The Bertz CT molecular complexity index is 930. The van der Waals surface area contributed by atoms with Crippen LogP contribution in [0.4, 0.5) is 8.78 Å². The molecule has 3 rings (SSSR count). The Balaban J connectivity index is 1.77. The maximum Gasteiger partial charge on any atom is 0.257 e. The molecule has 1 aliphatic carbocycles. The van der Waals surface area contributed by atoms with Gasteiger partial charge in [-0.05, 0) is 44.9 Å². The molecular formula is C19H21ClF2N2O2S. The van der Waals surface area contributed by atoms with Gasteiger partial charge in [-0.1, -0.05) is 11.6 Å². The van der Waals surface area contributed by atoms with E-state index in [-0.39, 0.29) is 35.7 Å². The number of hydrogen-bond donors (Lipinski definition) is 1. The molecule has 0 saturated heterocycles. The zero-order chi connectivity index (χ0) is 19.8. The third kappa shape index (κ3) is 5.23. The van der Waals surface area contributed by atoms with Crippen LogP contribution in [0.25, 0.3) is 10.9 Å². The van der Waals surface area contributed by atoms with E-state index in [1.807, 2.05) is 20.8 Å². The van der Waals surface area contributed by atoms with Crippen LogP contribution in [0.5, 0.6) is 5.75 Å². The van der Waals surface area contributed by atoms with Gasteiger partial charge in [0.15, 0.2) is 0 Å². The van der Waals surface area contributed by atoms with Crippen LogP contribution in [-0.4, -0.2) is 28.5 Å². The fraction of sp³-hybridized carbons (Fsp3) is 0.474. The molecule has 27 heavy (non-hydrogen) atoms. The lowest BCUT2D eigenvalue weighted by atomic mass is 9.82. The standard InChI is InChI=1S/C19H21ClF2N2O2S/c1-18(2,3)27-23-9-13-4-12-5-14(20)16(6-15(12)24-17(13)25)26-10-11-7-19(21,22)8-11/h4-6,9,11H,7-8,10H2,1-3H3,(H,24,25)/b23-9+. The molecule has 0 amide bonds. The van der Waals surface area contributed by atoms with Crippen LogP contribution >= 0.6 is 23.5 Å². The van der Waals surface area contributed by atoms with Gasteiger partial charge >= 0.3 is 0 Å². The number of alkyl halides is 2. The molecule has 1 aliphatic rings. The van der Waals surface area contributed by atoms with Crippen LogP contribution in [0, 0.1) is 5.92 Å². The zero-order valence-corrected chi connectivity index (χ0v) is 16.9. The maximum absolute atomic E-state index is 12.9. The molecule has 1 aromatic heterocycles. The lowest BCUT2D eigenvalue weighted by Gasteiger charge is -2.34. The summed E-state index contributed by atoms with van der Waals surface area (Å²) < 4.78 is 35.6. The van der Waals surface area contributed by atoms with E-state index in [2.05, 4.69) is 9.38 Å². The van der Waals surface area contributed by atoms with E-state index in [0.717, 1.165) is 5.39 Å². The molecule has 1 saturated carbocycles. The van der Waals surface area contributed by atoms with Crippen molar-refractivity contribution in [3.63, 3.8) is 0 Å². The minimum Gasteiger partial charge on any atom is -0.492 e. The van der Waals surface area contributed by atoms with Gasteiger partial charge in [-0.15, -0.1) is 0 Å². The zero-order valence-electron chi connectivity index (χ0n) is 15.3. The topological polar surface area (TPSA) is 54.4 Å². The van der Waals surface area contributed by atoms with E-state index in [9.17, 15) is 13.6 Å². The molecule has 4 nitrogen and oxygen atoms in total. The van der Waals surface area contributed by atoms with Crippen molar-refractivity contribution >= 4 is 40.7 Å². The Morgan fingerprint density at radius 2 is 2.07 bits per heavy atom. The number of nitrogens with zero attached hydrogens (tertiary/aromatic N) is 1. The number of H-pyrrole nitrogens is 1. The Kier molecular flexibility index (Phi) is 5.54. The number of benzene rings is 1. The molecule has 1 fully saturated rings. The van der Waals surface area contributed by atoms with Gasteiger partial charge in [-0.2, -0.15) is 0 Å². The van der Waals surface area contributed by atoms with Crippen molar-refractivity contribution in [2.24, 2.45) is 10.3 Å². The van der Waals surface area contributed by atoms with Gasteiger partial charge in [0, 0.05) is 41.2 Å². The van der Waals surface area contributed by atoms with Crippen molar-refractivity contribution in [3.8, 4) is 5.75 Å². The fourth-order valence-corrected chi connectivity index (χ4v) is 3.49. The molecule has 1 N–H and O–H groups in total. The number of pyridine rings is 1. The largest absolute Gasteiger partial charge is 0.492 e. The first-order valence-electron chi connectivity index (χ1n) is 8.61. The first-order chi connectivity index (χ1) is 12.5. The summed E-state index contributed by atoms with van der Waals surface area (Å²) in [6, 6.07) is 5.02. The normalized spacial score (nSPS) is 17.4. The van der Waals surface area contributed by atoms with E-state index in [1.54, 1.807) is 18.2 Å². The SMILES string of the molecule is CC(C)(C)S/N=C/c1cc2cc(Cl)c(OCC3CC(F)(F)C3)cc2[nH]c1=O.